The van der Waals surface area contributed by atoms with Gasteiger partial charge in [0.25, 0.3) is 0 Å². The third-order valence-electron chi connectivity index (χ3n) is 6.05. The topological polar surface area (TPSA) is 45.6 Å². The molecule has 1 saturated carbocycles. The number of likely N-dealkylation sites (tertiary alicyclic amines) is 1. The number of ether oxygens (including phenoxy) is 1. The lowest BCUT2D eigenvalue weighted by atomic mass is 10.0. The standard InChI is InChI=1S/C23H27FN2O2/c1-3-16(22-6-5-19(27)11-25-22)12-26-13-17-9-20(10-18(17)14-26)28-23-7-4-15(2)8-21(23)24/h3-8,11,16-18,20,27H,1,9-10,12-14H2,2H3. The molecule has 2 fully saturated rings. The van der Waals surface area contributed by atoms with Crippen LogP contribution in [-0.2, 0) is 0 Å². The quantitative estimate of drug-likeness (QED) is 0.757. The van der Waals surface area contributed by atoms with Crippen molar-refractivity contribution >= 4 is 0 Å². The number of benzene rings is 1. The fraction of sp³-hybridized carbons (Fsp3) is 0.435. The number of aromatic hydroxyl groups is 1. The van der Waals surface area contributed by atoms with Crippen LogP contribution in [0, 0.1) is 24.6 Å². The minimum Gasteiger partial charge on any atom is -0.506 e. The summed E-state index contributed by atoms with van der Waals surface area (Å²) in [7, 11) is 0. The molecular weight excluding hydrogens is 355 g/mol. The Morgan fingerprint density at radius 2 is 2.04 bits per heavy atom. The Morgan fingerprint density at radius 1 is 1.29 bits per heavy atom. The molecule has 1 aliphatic carbocycles. The van der Waals surface area contributed by atoms with Crippen molar-refractivity contribution < 1.29 is 14.2 Å². The first-order chi connectivity index (χ1) is 13.5. The first-order valence-electron chi connectivity index (χ1n) is 9.94. The number of hydrogen-bond donors (Lipinski definition) is 1. The molecule has 1 aromatic heterocycles. The maximum Gasteiger partial charge on any atom is 0.165 e. The molecule has 3 unspecified atom stereocenters. The van der Waals surface area contributed by atoms with Gasteiger partial charge in [0.15, 0.2) is 11.6 Å². The Labute approximate surface area is 165 Å². The third-order valence-corrected chi connectivity index (χ3v) is 6.05. The fourth-order valence-corrected chi connectivity index (χ4v) is 4.65. The van der Waals surface area contributed by atoms with Crippen LogP contribution in [0.1, 0.15) is 30.0 Å². The third kappa shape index (κ3) is 4.04. The predicted octanol–water partition coefficient (Wildman–Crippen LogP) is 4.29. The van der Waals surface area contributed by atoms with Crippen LogP contribution in [0.25, 0.3) is 0 Å². The van der Waals surface area contributed by atoms with E-state index in [1.54, 1.807) is 12.1 Å². The molecule has 0 spiro atoms. The van der Waals surface area contributed by atoms with E-state index in [-0.39, 0.29) is 23.6 Å². The van der Waals surface area contributed by atoms with Crippen LogP contribution in [0.15, 0.2) is 49.2 Å². The molecule has 4 rings (SSSR count). The molecule has 0 amide bonds. The molecule has 0 bridgehead atoms. The predicted molar refractivity (Wildman–Crippen MR) is 107 cm³/mol. The van der Waals surface area contributed by atoms with Crippen molar-refractivity contribution in [1.29, 1.82) is 0 Å². The minimum atomic E-state index is -0.270. The van der Waals surface area contributed by atoms with Gasteiger partial charge in [0.05, 0.1) is 12.3 Å². The van der Waals surface area contributed by atoms with Crippen molar-refractivity contribution in [3.8, 4) is 11.5 Å². The highest BCUT2D eigenvalue weighted by molar-refractivity contribution is 5.29. The van der Waals surface area contributed by atoms with Crippen molar-refractivity contribution in [1.82, 2.24) is 9.88 Å². The first kappa shape index (κ1) is 18.9. The van der Waals surface area contributed by atoms with E-state index >= 15 is 0 Å². The zero-order valence-electron chi connectivity index (χ0n) is 16.2. The van der Waals surface area contributed by atoms with Crippen LogP contribution in [0.4, 0.5) is 4.39 Å². The Bertz CT molecular complexity index is 825. The van der Waals surface area contributed by atoms with Gasteiger partial charge < -0.3 is 14.7 Å². The summed E-state index contributed by atoms with van der Waals surface area (Å²) in [6.07, 6.45) is 5.47. The molecule has 1 N–H and O–H groups in total. The molecule has 1 aromatic carbocycles. The monoisotopic (exact) mass is 382 g/mol. The first-order valence-corrected chi connectivity index (χ1v) is 9.94. The van der Waals surface area contributed by atoms with Crippen LogP contribution in [0.3, 0.4) is 0 Å². The average Bonchev–Trinajstić information content (AvgIpc) is 3.21. The van der Waals surface area contributed by atoms with Crippen molar-refractivity contribution in [3.05, 3.63) is 66.3 Å². The van der Waals surface area contributed by atoms with E-state index in [4.69, 9.17) is 4.74 Å². The summed E-state index contributed by atoms with van der Waals surface area (Å²) in [5, 5.41) is 9.43. The van der Waals surface area contributed by atoms with E-state index in [0.717, 1.165) is 43.7 Å². The van der Waals surface area contributed by atoms with E-state index < -0.39 is 0 Å². The van der Waals surface area contributed by atoms with Crippen molar-refractivity contribution in [2.24, 2.45) is 11.8 Å². The summed E-state index contributed by atoms with van der Waals surface area (Å²) in [4.78, 5) is 6.80. The van der Waals surface area contributed by atoms with Gasteiger partial charge in [-0.2, -0.15) is 0 Å². The summed E-state index contributed by atoms with van der Waals surface area (Å²) in [5.41, 5.74) is 1.84. The molecule has 28 heavy (non-hydrogen) atoms. The highest BCUT2D eigenvalue weighted by Crippen LogP contribution is 2.40. The van der Waals surface area contributed by atoms with Crippen LogP contribution in [-0.4, -0.2) is 40.7 Å². The number of halogens is 1. The molecule has 4 nitrogen and oxygen atoms in total. The lowest BCUT2D eigenvalue weighted by molar-refractivity contribution is 0.178. The molecule has 2 heterocycles. The second-order valence-corrected chi connectivity index (χ2v) is 8.17. The summed E-state index contributed by atoms with van der Waals surface area (Å²) >= 11 is 0. The average molecular weight is 382 g/mol. The Balaban J connectivity index is 1.32. The second-order valence-electron chi connectivity index (χ2n) is 8.17. The Morgan fingerprint density at radius 3 is 2.64 bits per heavy atom. The summed E-state index contributed by atoms with van der Waals surface area (Å²) in [5.74, 6) is 1.62. The van der Waals surface area contributed by atoms with Gasteiger partial charge in [-0.15, -0.1) is 6.58 Å². The van der Waals surface area contributed by atoms with E-state index in [1.165, 1.54) is 12.3 Å². The van der Waals surface area contributed by atoms with Gasteiger partial charge in [-0.1, -0.05) is 12.1 Å². The smallest absolute Gasteiger partial charge is 0.165 e. The minimum absolute atomic E-state index is 0.100. The molecule has 5 heteroatoms. The van der Waals surface area contributed by atoms with Crippen LogP contribution < -0.4 is 4.74 Å². The molecular formula is C23H27FN2O2. The largest absolute Gasteiger partial charge is 0.506 e. The number of fused-ring (bicyclic) bond motifs is 1. The lowest BCUT2D eigenvalue weighted by Gasteiger charge is -2.23. The van der Waals surface area contributed by atoms with Crippen LogP contribution in [0.2, 0.25) is 0 Å². The highest BCUT2D eigenvalue weighted by Gasteiger charge is 2.42. The molecule has 3 atom stereocenters. The SMILES string of the molecule is C=CC(CN1CC2CC(Oc3ccc(C)cc3F)CC2C1)c1ccc(O)cn1. The molecule has 0 radical (unpaired) electrons. The Kier molecular flexibility index (Phi) is 5.36. The normalized spacial score (nSPS) is 25.4. The van der Waals surface area contributed by atoms with Gasteiger partial charge in [-0.3, -0.25) is 4.98 Å². The van der Waals surface area contributed by atoms with Crippen LogP contribution >= 0.6 is 0 Å². The van der Waals surface area contributed by atoms with E-state index in [0.29, 0.717) is 17.6 Å². The van der Waals surface area contributed by atoms with Gasteiger partial charge in [0.2, 0.25) is 0 Å². The van der Waals surface area contributed by atoms with Gasteiger partial charge in [-0.05, 0) is 61.4 Å². The number of pyridine rings is 1. The van der Waals surface area contributed by atoms with Crippen LogP contribution in [0.5, 0.6) is 11.5 Å². The number of hydrogen-bond acceptors (Lipinski definition) is 4. The van der Waals surface area contributed by atoms with E-state index in [1.807, 2.05) is 25.1 Å². The maximum atomic E-state index is 14.1. The van der Waals surface area contributed by atoms with E-state index in [9.17, 15) is 9.50 Å². The van der Waals surface area contributed by atoms with Crippen molar-refractivity contribution in [2.45, 2.75) is 31.8 Å². The number of aromatic nitrogens is 1. The summed E-state index contributed by atoms with van der Waals surface area (Å²) < 4.78 is 20.0. The number of aryl methyl sites for hydroxylation is 1. The van der Waals surface area contributed by atoms with Gasteiger partial charge in [0, 0.05) is 31.2 Å². The van der Waals surface area contributed by atoms with Gasteiger partial charge in [-0.25, -0.2) is 4.39 Å². The molecule has 2 aliphatic rings. The maximum absolute atomic E-state index is 14.1. The lowest BCUT2D eigenvalue weighted by Crippen LogP contribution is -2.28. The van der Waals surface area contributed by atoms with Gasteiger partial charge in [0.1, 0.15) is 5.75 Å². The molecule has 1 aliphatic heterocycles. The number of rotatable bonds is 6. The summed E-state index contributed by atoms with van der Waals surface area (Å²) in [6.45, 7) is 8.79. The zero-order valence-corrected chi connectivity index (χ0v) is 16.2. The van der Waals surface area contributed by atoms with Crippen molar-refractivity contribution in [2.75, 3.05) is 19.6 Å². The molecule has 1 saturated heterocycles. The Hall–Kier alpha value is -2.40. The summed E-state index contributed by atoms with van der Waals surface area (Å²) in [6, 6.07) is 8.69. The zero-order chi connectivity index (χ0) is 19.7. The molecule has 148 valence electrons. The van der Waals surface area contributed by atoms with Crippen molar-refractivity contribution in [3.63, 3.8) is 0 Å². The van der Waals surface area contributed by atoms with E-state index in [2.05, 4.69) is 16.5 Å². The number of nitrogens with zero attached hydrogens (tertiary/aromatic N) is 2. The molecule has 2 aromatic rings. The fourth-order valence-electron chi connectivity index (χ4n) is 4.65. The van der Waals surface area contributed by atoms with Gasteiger partial charge >= 0.3 is 0 Å². The second kappa shape index (κ2) is 7.92. The highest BCUT2D eigenvalue weighted by atomic mass is 19.1.